The number of piperazine rings is 1. The third-order valence-electron chi connectivity index (χ3n) is 6.53. The van der Waals surface area contributed by atoms with E-state index in [0.717, 1.165) is 27.7 Å². The van der Waals surface area contributed by atoms with Crippen LogP contribution in [0.1, 0.15) is 36.9 Å². The van der Waals surface area contributed by atoms with Gasteiger partial charge in [0.25, 0.3) is 11.8 Å². The Hall–Kier alpha value is -3.51. The van der Waals surface area contributed by atoms with E-state index in [9.17, 15) is 18.0 Å². The number of para-hydroxylation sites is 1. The number of H-pyrrole nitrogens is 1. The molecule has 1 aliphatic rings. The second kappa shape index (κ2) is 11.7. The minimum Gasteiger partial charge on any atom is -0.336 e. The third kappa shape index (κ3) is 6.22. The van der Waals surface area contributed by atoms with Crippen molar-refractivity contribution < 1.29 is 18.0 Å². The smallest absolute Gasteiger partial charge is 0.266 e. The van der Waals surface area contributed by atoms with Crippen molar-refractivity contribution in [1.82, 2.24) is 19.4 Å². The molecule has 0 unspecified atom stereocenters. The molecule has 1 fully saturated rings. The van der Waals surface area contributed by atoms with Gasteiger partial charge in [-0.1, -0.05) is 30.3 Å². The van der Waals surface area contributed by atoms with Crippen LogP contribution >= 0.6 is 23.7 Å². The van der Waals surface area contributed by atoms with Gasteiger partial charge < -0.3 is 10.2 Å². The maximum absolute atomic E-state index is 13.3. The van der Waals surface area contributed by atoms with Crippen LogP contribution < -0.4 is 5.32 Å². The minimum absolute atomic E-state index is 0. The normalized spacial score (nSPS) is 14.5. The van der Waals surface area contributed by atoms with E-state index in [2.05, 4.69) is 15.5 Å². The maximum atomic E-state index is 13.3. The molecule has 0 radical (unpaired) electrons. The molecule has 5 rings (SSSR count). The fraction of sp³-hybridized carbons (Fsp3) is 0.222. The average Bonchev–Trinajstić information content (AvgIpc) is 3.53. The Morgan fingerprint density at radius 3 is 2.49 bits per heavy atom. The molecule has 39 heavy (non-hydrogen) atoms. The summed E-state index contributed by atoms with van der Waals surface area (Å²) in [5, 5.41) is 13.2. The van der Waals surface area contributed by atoms with Gasteiger partial charge in [0.15, 0.2) is 0 Å². The molecule has 2 aromatic heterocycles. The highest BCUT2D eigenvalue weighted by molar-refractivity contribution is 7.88. The number of carbonyl (C=O) groups excluding carboxylic acids is 2. The molecule has 0 atom stereocenters. The van der Waals surface area contributed by atoms with Gasteiger partial charge >= 0.3 is 0 Å². The number of anilines is 1. The highest BCUT2D eigenvalue weighted by atomic mass is 35.5. The summed E-state index contributed by atoms with van der Waals surface area (Å²) in [6.45, 7) is 2.99. The van der Waals surface area contributed by atoms with E-state index >= 15 is 0 Å². The molecule has 2 aromatic carbocycles. The number of amides is 2. The summed E-state index contributed by atoms with van der Waals surface area (Å²) >= 11 is 1.36. The fourth-order valence-electron chi connectivity index (χ4n) is 4.41. The van der Waals surface area contributed by atoms with Crippen molar-refractivity contribution in [1.29, 1.82) is 0 Å². The Kier molecular flexibility index (Phi) is 8.55. The van der Waals surface area contributed by atoms with Gasteiger partial charge in [-0.2, -0.15) is 9.40 Å². The largest absolute Gasteiger partial charge is 0.336 e. The minimum atomic E-state index is -3.30. The van der Waals surface area contributed by atoms with Gasteiger partial charge in [0, 0.05) is 42.8 Å². The monoisotopic (exact) mass is 585 g/mol. The number of rotatable bonds is 6. The molecule has 0 spiro atoms. The molecule has 204 valence electrons. The zero-order valence-electron chi connectivity index (χ0n) is 21.4. The van der Waals surface area contributed by atoms with Crippen molar-refractivity contribution >= 4 is 74.3 Å². The van der Waals surface area contributed by atoms with Crippen LogP contribution in [0.15, 0.2) is 53.9 Å². The highest BCUT2D eigenvalue weighted by Crippen LogP contribution is 2.26. The topological polar surface area (TPSA) is 115 Å². The number of nitrogens with zero attached hydrogens (tertiary/aromatic N) is 3. The number of fused-ring (bicyclic) bond motifs is 1. The summed E-state index contributed by atoms with van der Waals surface area (Å²) in [6.07, 6.45) is 4.90. The number of nitrogens with one attached hydrogen (secondary N) is 2. The molecule has 0 saturated carbocycles. The Morgan fingerprint density at radius 1 is 1.05 bits per heavy atom. The van der Waals surface area contributed by atoms with Gasteiger partial charge in [0.2, 0.25) is 10.0 Å². The number of hydrogen-bond donors (Lipinski definition) is 2. The summed E-state index contributed by atoms with van der Waals surface area (Å²) in [6, 6.07) is 14.9. The van der Waals surface area contributed by atoms with E-state index in [-0.39, 0.29) is 37.3 Å². The van der Waals surface area contributed by atoms with Gasteiger partial charge in [-0.15, -0.1) is 23.7 Å². The number of aryl methyl sites for hydroxylation is 1. The quantitative estimate of drug-likeness (QED) is 0.346. The lowest BCUT2D eigenvalue weighted by atomic mass is 10.1. The summed E-state index contributed by atoms with van der Waals surface area (Å²) in [5.74, 6) is -0.460. The highest BCUT2D eigenvalue weighted by Gasteiger charge is 2.27. The molecule has 1 aliphatic heterocycles. The molecule has 2 N–H and O–H groups in total. The number of thiophene rings is 1. The Labute approximate surface area is 237 Å². The first-order valence-electron chi connectivity index (χ1n) is 12.1. The lowest BCUT2D eigenvalue weighted by molar-refractivity contribution is 0.0698. The molecule has 1 saturated heterocycles. The van der Waals surface area contributed by atoms with Crippen LogP contribution in [-0.2, 0) is 10.0 Å². The fourth-order valence-corrected chi connectivity index (χ4v) is 6.06. The standard InChI is InChI=1S/C27H27N5O4S2.ClH/c1-18-11-16-37-25(18)26(33)28-24-17-20(27(34)31-12-14-32(15-13-31)38(2,35)36)8-7-19(24)9-10-23-21-5-3-4-6-22(21)29-30-23;/h3-11,16-17H,12-15H2,1-2H3,(H,28,33)(H,29,30);1H/b10-9+;. The number of halogens is 1. The Balaban J connectivity index is 0.00000353. The molecule has 0 aliphatic carbocycles. The van der Waals surface area contributed by atoms with Crippen molar-refractivity contribution in [3.05, 3.63) is 81.2 Å². The molecule has 2 amide bonds. The number of carbonyl (C=O) groups is 2. The summed E-state index contributed by atoms with van der Waals surface area (Å²) < 4.78 is 25.0. The second-order valence-electron chi connectivity index (χ2n) is 9.13. The molecular weight excluding hydrogens is 558 g/mol. The molecule has 0 bridgehead atoms. The maximum Gasteiger partial charge on any atom is 0.266 e. The van der Waals surface area contributed by atoms with Crippen LogP contribution in [0.4, 0.5) is 5.69 Å². The molecule has 9 nitrogen and oxygen atoms in total. The summed E-state index contributed by atoms with van der Waals surface area (Å²) in [4.78, 5) is 28.6. The van der Waals surface area contributed by atoms with E-state index in [1.165, 1.54) is 21.9 Å². The zero-order valence-corrected chi connectivity index (χ0v) is 23.8. The SMILES string of the molecule is Cc1ccsc1C(=O)Nc1cc(C(=O)N2CCN(S(C)(=O)=O)CC2)ccc1/C=C/c1n[nH]c2ccccc12.Cl. The first kappa shape index (κ1) is 28.5. The molecule has 4 aromatic rings. The molecule has 3 heterocycles. The van der Waals surface area contributed by atoms with Crippen LogP contribution in [0.2, 0.25) is 0 Å². The van der Waals surface area contributed by atoms with Crippen LogP contribution in [0.5, 0.6) is 0 Å². The van der Waals surface area contributed by atoms with Crippen molar-refractivity contribution in [3.8, 4) is 0 Å². The molecular formula is C27H28ClN5O4S2. The first-order chi connectivity index (χ1) is 18.2. The molecule has 12 heteroatoms. The van der Waals surface area contributed by atoms with Gasteiger partial charge in [-0.25, -0.2) is 8.42 Å². The van der Waals surface area contributed by atoms with E-state index in [0.29, 0.717) is 29.2 Å². The number of sulfonamides is 1. The lowest BCUT2D eigenvalue weighted by Crippen LogP contribution is -2.50. The van der Waals surface area contributed by atoms with E-state index < -0.39 is 10.0 Å². The van der Waals surface area contributed by atoms with Crippen molar-refractivity contribution in [3.63, 3.8) is 0 Å². The van der Waals surface area contributed by atoms with E-state index in [1.54, 1.807) is 23.1 Å². The number of aromatic amines is 1. The van der Waals surface area contributed by atoms with Crippen LogP contribution in [-0.4, -0.2) is 72.1 Å². The third-order valence-corrected chi connectivity index (χ3v) is 8.85. The zero-order chi connectivity index (χ0) is 26.9. The number of aromatic nitrogens is 2. The Bertz CT molecular complexity index is 1650. The van der Waals surface area contributed by atoms with Gasteiger partial charge in [-0.05, 0) is 53.8 Å². The van der Waals surface area contributed by atoms with Crippen LogP contribution in [0, 0.1) is 6.92 Å². The van der Waals surface area contributed by atoms with Crippen LogP contribution in [0.3, 0.4) is 0 Å². The van der Waals surface area contributed by atoms with Crippen molar-refractivity contribution in [2.45, 2.75) is 6.92 Å². The van der Waals surface area contributed by atoms with E-state index in [1.807, 2.05) is 54.8 Å². The van der Waals surface area contributed by atoms with Crippen molar-refractivity contribution in [2.75, 3.05) is 37.8 Å². The Morgan fingerprint density at radius 2 is 1.79 bits per heavy atom. The summed E-state index contributed by atoms with van der Waals surface area (Å²) in [5.41, 5.74) is 4.20. The second-order valence-corrected chi connectivity index (χ2v) is 12.0. The average molecular weight is 586 g/mol. The van der Waals surface area contributed by atoms with Crippen molar-refractivity contribution in [2.24, 2.45) is 0 Å². The van der Waals surface area contributed by atoms with E-state index in [4.69, 9.17) is 0 Å². The van der Waals surface area contributed by atoms with Crippen LogP contribution in [0.25, 0.3) is 23.1 Å². The first-order valence-corrected chi connectivity index (χ1v) is 14.8. The predicted molar refractivity (Wildman–Crippen MR) is 158 cm³/mol. The number of benzene rings is 2. The summed E-state index contributed by atoms with van der Waals surface area (Å²) in [7, 11) is -3.30. The number of hydrogen-bond acceptors (Lipinski definition) is 6. The lowest BCUT2D eigenvalue weighted by Gasteiger charge is -2.33. The van der Waals surface area contributed by atoms with Gasteiger partial charge in [0.05, 0.1) is 22.3 Å². The predicted octanol–water partition coefficient (Wildman–Crippen LogP) is 4.49. The van der Waals surface area contributed by atoms with Gasteiger partial charge in [-0.3, -0.25) is 14.7 Å². The van der Waals surface area contributed by atoms with Gasteiger partial charge in [0.1, 0.15) is 0 Å².